The van der Waals surface area contributed by atoms with E-state index in [-0.39, 0.29) is 0 Å². The predicted octanol–water partition coefficient (Wildman–Crippen LogP) is 3.90. The molecule has 0 unspecified atom stereocenters. The van der Waals surface area contributed by atoms with Gasteiger partial charge in [-0.05, 0) is 43.3 Å². The molecule has 0 saturated carbocycles. The fourth-order valence-electron chi connectivity index (χ4n) is 3.67. The third-order valence-electron chi connectivity index (χ3n) is 5.14. The fraction of sp³-hybridized carbons (Fsp3) is 0.364. The van der Waals surface area contributed by atoms with Gasteiger partial charge in [0.2, 0.25) is 4.77 Å². The van der Waals surface area contributed by atoms with Gasteiger partial charge in [-0.2, -0.15) is 5.10 Å². The second kappa shape index (κ2) is 8.39. The first-order chi connectivity index (χ1) is 13.6. The molecule has 2 aromatic carbocycles. The maximum Gasteiger partial charge on any atom is 0.203 e. The van der Waals surface area contributed by atoms with E-state index in [0.29, 0.717) is 6.67 Å². The predicted molar refractivity (Wildman–Crippen MR) is 114 cm³/mol. The molecule has 0 radical (unpaired) electrons. The van der Waals surface area contributed by atoms with Crippen molar-refractivity contribution >= 4 is 12.2 Å². The Labute approximate surface area is 171 Å². The summed E-state index contributed by atoms with van der Waals surface area (Å²) in [6.07, 6.45) is 0.744. The van der Waals surface area contributed by atoms with Crippen LogP contribution in [-0.4, -0.2) is 45.6 Å². The molecule has 1 aliphatic rings. The summed E-state index contributed by atoms with van der Waals surface area (Å²) >= 11 is 5.88. The molecule has 6 heteroatoms. The van der Waals surface area contributed by atoms with Gasteiger partial charge in [0.15, 0.2) is 0 Å². The van der Waals surface area contributed by atoms with Crippen LogP contribution in [0.2, 0.25) is 0 Å². The van der Waals surface area contributed by atoms with Gasteiger partial charge in [-0.3, -0.25) is 9.47 Å². The Kier molecular flexibility index (Phi) is 5.71. The van der Waals surface area contributed by atoms with Crippen molar-refractivity contribution in [3.8, 4) is 5.69 Å². The van der Waals surface area contributed by atoms with Gasteiger partial charge in [0.25, 0.3) is 0 Å². The zero-order valence-corrected chi connectivity index (χ0v) is 17.3. The number of nitrogens with zero attached hydrogens (tertiary/aromatic N) is 4. The van der Waals surface area contributed by atoms with E-state index < -0.39 is 0 Å². The standard InChI is InChI=1S/C22H26N4OS/c1-17-8-9-20(18(2)14-17)26-21(15-19-6-4-3-5-7-19)23-25(22(26)28)16-24-10-12-27-13-11-24/h3-9,14H,10-13,15-16H2,1-2H3. The van der Waals surface area contributed by atoms with Crippen molar-refractivity contribution in [2.45, 2.75) is 26.9 Å². The van der Waals surface area contributed by atoms with Crippen LogP contribution in [0.15, 0.2) is 48.5 Å². The first-order valence-electron chi connectivity index (χ1n) is 9.72. The van der Waals surface area contributed by atoms with Crippen LogP contribution in [0.3, 0.4) is 0 Å². The first kappa shape index (κ1) is 19.1. The number of hydrogen-bond acceptors (Lipinski definition) is 4. The molecule has 2 heterocycles. The van der Waals surface area contributed by atoms with Crippen molar-refractivity contribution in [2.75, 3.05) is 26.3 Å². The van der Waals surface area contributed by atoms with E-state index in [1.807, 2.05) is 10.7 Å². The Balaban J connectivity index is 1.76. The van der Waals surface area contributed by atoms with Crippen LogP contribution in [-0.2, 0) is 17.8 Å². The molecule has 146 valence electrons. The van der Waals surface area contributed by atoms with E-state index in [1.54, 1.807) is 0 Å². The molecular weight excluding hydrogens is 368 g/mol. The number of hydrogen-bond donors (Lipinski definition) is 0. The van der Waals surface area contributed by atoms with Crippen LogP contribution in [0.4, 0.5) is 0 Å². The summed E-state index contributed by atoms with van der Waals surface area (Å²) in [7, 11) is 0. The monoisotopic (exact) mass is 394 g/mol. The molecular formula is C22H26N4OS. The third kappa shape index (κ3) is 4.09. The highest BCUT2D eigenvalue weighted by Gasteiger charge is 2.18. The van der Waals surface area contributed by atoms with Crippen molar-refractivity contribution in [3.63, 3.8) is 0 Å². The van der Waals surface area contributed by atoms with Crippen LogP contribution in [0.5, 0.6) is 0 Å². The van der Waals surface area contributed by atoms with Gasteiger partial charge in [-0.25, -0.2) is 4.68 Å². The maximum absolute atomic E-state index is 5.88. The summed E-state index contributed by atoms with van der Waals surface area (Å²) in [6.45, 7) is 8.29. The Hall–Kier alpha value is -2.28. The van der Waals surface area contributed by atoms with Gasteiger partial charge >= 0.3 is 0 Å². The molecule has 28 heavy (non-hydrogen) atoms. The van der Waals surface area contributed by atoms with Crippen molar-refractivity contribution in [2.24, 2.45) is 0 Å². The van der Waals surface area contributed by atoms with E-state index in [0.717, 1.165) is 49.0 Å². The highest BCUT2D eigenvalue weighted by Crippen LogP contribution is 2.21. The van der Waals surface area contributed by atoms with E-state index in [4.69, 9.17) is 22.1 Å². The molecule has 1 saturated heterocycles. The molecule has 0 N–H and O–H groups in total. The molecule has 0 bridgehead atoms. The topological polar surface area (TPSA) is 35.2 Å². The van der Waals surface area contributed by atoms with Crippen molar-refractivity contribution in [1.82, 2.24) is 19.2 Å². The number of ether oxygens (including phenoxy) is 1. The lowest BCUT2D eigenvalue weighted by Gasteiger charge is -2.26. The van der Waals surface area contributed by atoms with Gasteiger partial charge in [0.1, 0.15) is 5.82 Å². The van der Waals surface area contributed by atoms with Crippen LogP contribution in [0.1, 0.15) is 22.5 Å². The minimum atomic E-state index is 0.696. The largest absolute Gasteiger partial charge is 0.379 e. The maximum atomic E-state index is 5.88. The SMILES string of the molecule is Cc1ccc(-n2c(Cc3ccccc3)nn(CN3CCOCC3)c2=S)c(C)c1. The zero-order valence-electron chi connectivity index (χ0n) is 16.5. The molecule has 4 rings (SSSR count). The lowest BCUT2D eigenvalue weighted by molar-refractivity contribution is 0.0209. The minimum Gasteiger partial charge on any atom is -0.379 e. The second-order valence-corrected chi connectivity index (χ2v) is 7.72. The van der Waals surface area contributed by atoms with Gasteiger partial charge in [0, 0.05) is 19.5 Å². The Bertz CT molecular complexity index is 1000. The number of aromatic nitrogens is 3. The molecule has 0 amide bonds. The van der Waals surface area contributed by atoms with Crippen molar-refractivity contribution in [1.29, 1.82) is 0 Å². The minimum absolute atomic E-state index is 0.696. The Morgan fingerprint density at radius 3 is 2.50 bits per heavy atom. The van der Waals surface area contributed by atoms with Crippen LogP contribution >= 0.6 is 12.2 Å². The van der Waals surface area contributed by atoms with Gasteiger partial charge in [0.05, 0.1) is 25.6 Å². The molecule has 1 aliphatic heterocycles. The van der Waals surface area contributed by atoms with Crippen LogP contribution in [0, 0.1) is 18.6 Å². The molecule has 5 nitrogen and oxygen atoms in total. The van der Waals surface area contributed by atoms with E-state index in [1.165, 1.54) is 16.7 Å². The second-order valence-electron chi connectivity index (χ2n) is 7.36. The third-order valence-corrected chi connectivity index (χ3v) is 5.54. The lowest BCUT2D eigenvalue weighted by Crippen LogP contribution is -2.37. The van der Waals surface area contributed by atoms with E-state index >= 15 is 0 Å². The quantitative estimate of drug-likeness (QED) is 0.615. The summed E-state index contributed by atoms with van der Waals surface area (Å²) in [6, 6.07) is 16.9. The number of benzene rings is 2. The zero-order chi connectivity index (χ0) is 19.5. The Morgan fingerprint density at radius 2 is 1.79 bits per heavy atom. The smallest absolute Gasteiger partial charge is 0.203 e. The summed E-state index contributed by atoms with van der Waals surface area (Å²) in [5, 5.41) is 4.93. The van der Waals surface area contributed by atoms with Gasteiger partial charge in [-0.15, -0.1) is 0 Å². The molecule has 0 atom stereocenters. The molecule has 0 spiro atoms. The normalized spacial score (nSPS) is 15.1. The number of morpholine rings is 1. The summed E-state index contributed by atoms with van der Waals surface area (Å²) in [5.41, 5.74) is 4.79. The fourth-order valence-corrected chi connectivity index (χ4v) is 3.97. The van der Waals surface area contributed by atoms with E-state index in [2.05, 4.69) is 65.8 Å². The highest BCUT2D eigenvalue weighted by atomic mass is 32.1. The van der Waals surface area contributed by atoms with Crippen molar-refractivity contribution in [3.05, 3.63) is 75.8 Å². The van der Waals surface area contributed by atoms with Gasteiger partial charge in [-0.1, -0.05) is 48.0 Å². The van der Waals surface area contributed by atoms with Gasteiger partial charge < -0.3 is 4.74 Å². The summed E-state index contributed by atoms with van der Waals surface area (Å²) in [4.78, 5) is 2.34. The number of aryl methyl sites for hydroxylation is 2. The van der Waals surface area contributed by atoms with Crippen molar-refractivity contribution < 1.29 is 4.74 Å². The molecule has 1 fully saturated rings. The first-order valence-corrected chi connectivity index (χ1v) is 10.1. The highest BCUT2D eigenvalue weighted by molar-refractivity contribution is 7.71. The molecule has 1 aromatic heterocycles. The molecule has 3 aromatic rings. The lowest BCUT2D eigenvalue weighted by atomic mass is 10.1. The average Bonchev–Trinajstić information content (AvgIpc) is 2.99. The van der Waals surface area contributed by atoms with E-state index in [9.17, 15) is 0 Å². The summed E-state index contributed by atoms with van der Waals surface area (Å²) < 4.78 is 10.3. The molecule has 0 aliphatic carbocycles. The number of rotatable bonds is 5. The van der Waals surface area contributed by atoms with Crippen LogP contribution in [0.25, 0.3) is 5.69 Å². The average molecular weight is 395 g/mol. The summed E-state index contributed by atoms with van der Waals surface area (Å²) in [5.74, 6) is 0.969. The Morgan fingerprint density at radius 1 is 1.04 bits per heavy atom. The van der Waals surface area contributed by atoms with Crippen LogP contribution < -0.4 is 0 Å².